The van der Waals surface area contributed by atoms with Crippen LogP contribution in [0.3, 0.4) is 0 Å². The van der Waals surface area contributed by atoms with E-state index in [1.165, 1.54) is 38.5 Å². The Morgan fingerprint density at radius 2 is 1.88 bits per heavy atom. The van der Waals surface area contributed by atoms with E-state index >= 15 is 0 Å². The van der Waals surface area contributed by atoms with Crippen molar-refractivity contribution in [3.8, 4) is 0 Å². The van der Waals surface area contributed by atoms with E-state index in [0.29, 0.717) is 23.8 Å². The van der Waals surface area contributed by atoms with Gasteiger partial charge in [0.15, 0.2) is 0 Å². The van der Waals surface area contributed by atoms with Crippen LogP contribution in [0, 0.1) is 5.92 Å². The van der Waals surface area contributed by atoms with Crippen molar-refractivity contribution in [1.82, 2.24) is 24.8 Å². The Labute approximate surface area is 149 Å². The minimum Gasteiger partial charge on any atom is -0.336 e. The summed E-state index contributed by atoms with van der Waals surface area (Å²) in [6.07, 6.45) is 11.8. The van der Waals surface area contributed by atoms with Gasteiger partial charge in [-0.25, -0.2) is 0 Å². The van der Waals surface area contributed by atoms with E-state index in [9.17, 15) is 4.79 Å². The first kappa shape index (κ1) is 15.8. The second-order valence-corrected chi connectivity index (χ2v) is 8.49. The highest BCUT2D eigenvalue weighted by atomic mass is 16.2. The second-order valence-electron chi connectivity index (χ2n) is 8.49. The Bertz CT molecular complexity index is 630. The van der Waals surface area contributed by atoms with Crippen LogP contribution in [0.5, 0.6) is 0 Å². The molecular formula is C19H29N5O. The van der Waals surface area contributed by atoms with E-state index in [4.69, 9.17) is 0 Å². The first-order valence-electron chi connectivity index (χ1n) is 10.2. The minimum atomic E-state index is 0.154. The second kappa shape index (κ2) is 6.38. The molecule has 1 amide bonds. The normalized spacial score (nSPS) is 28.6. The van der Waals surface area contributed by atoms with Gasteiger partial charge in [0, 0.05) is 18.7 Å². The Kier molecular flexibility index (Phi) is 4.03. The SMILES string of the molecule is O=C(C(C1CC1)N1CCCC1)N1CCC[C@H]1Cn1cc(C2CC2)nn1. The summed E-state index contributed by atoms with van der Waals surface area (Å²) in [4.78, 5) is 18.0. The molecule has 2 aliphatic heterocycles. The maximum Gasteiger partial charge on any atom is 0.240 e. The number of amides is 1. The number of hydrogen-bond acceptors (Lipinski definition) is 4. The highest BCUT2D eigenvalue weighted by molar-refractivity contribution is 5.83. The van der Waals surface area contributed by atoms with Gasteiger partial charge in [0.1, 0.15) is 0 Å². The van der Waals surface area contributed by atoms with Crippen molar-refractivity contribution >= 4 is 5.91 Å². The van der Waals surface area contributed by atoms with Crippen LogP contribution in [0.2, 0.25) is 0 Å². The molecule has 4 aliphatic rings. The predicted octanol–water partition coefficient (Wildman–Crippen LogP) is 2.02. The van der Waals surface area contributed by atoms with Crippen LogP contribution in [0.1, 0.15) is 63.0 Å². The van der Waals surface area contributed by atoms with Crippen molar-refractivity contribution < 1.29 is 4.79 Å². The lowest BCUT2D eigenvalue weighted by Crippen LogP contribution is -2.51. The highest BCUT2D eigenvalue weighted by Gasteiger charge is 2.44. The van der Waals surface area contributed by atoms with Gasteiger partial charge < -0.3 is 4.90 Å². The lowest BCUT2D eigenvalue weighted by atomic mass is 10.1. The monoisotopic (exact) mass is 343 g/mol. The van der Waals surface area contributed by atoms with Gasteiger partial charge in [0.2, 0.25) is 5.91 Å². The summed E-state index contributed by atoms with van der Waals surface area (Å²) in [6, 6.07) is 0.450. The number of aromatic nitrogens is 3. The molecule has 2 atom stereocenters. The van der Waals surface area contributed by atoms with Gasteiger partial charge in [0.05, 0.1) is 24.3 Å². The summed E-state index contributed by atoms with van der Waals surface area (Å²) in [5.74, 6) is 1.65. The van der Waals surface area contributed by atoms with E-state index < -0.39 is 0 Å². The topological polar surface area (TPSA) is 54.3 Å². The fourth-order valence-electron chi connectivity index (χ4n) is 4.76. The van der Waals surface area contributed by atoms with Crippen molar-refractivity contribution in [2.75, 3.05) is 19.6 Å². The molecule has 6 heteroatoms. The number of carbonyl (C=O) groups excluding carboxylic acids is 1. The standard InChI is InChI=1S/C19H29N5O/c25-19(18(15-7-8-15)22-9-1-2-10-22)24-11-3-4-16(24)12-23-13-17(20-21-23)14-5-6-14/h13-16,18H,1-12H2/t16-,18?/m0/s1. The Hall–Kier alpha value is -1.43. The number of likely N-dealkylation sites (tertiary alicyclic amines) is 2. The average Bonchev–Trinajstić information content (AvgIpc) is 3.47. The van der Waals surface area contributed by atoms with Gasteiger partial charge in [-0.3, -0.25) is 14.4 Å². The highest BCUT2D eigenvalue weighted by Crippen LogP contribution is 2.39. The summed E-state index contributed by atoms with van der Waals surface area (Å²) >= 11 is 0. The van der Waals surface area contributed by atoms with Gasteiger partial charge in [-0.15, -0.1) is 5.10 Å². The van der Waals surface area contributed by atoms with Crippen LogP contribution in [0.25, 0.3) is 0 Å². The number of rotatable bonds is 6. The number of hydrogen-bond donors (Lipinski definition) is 0. The largest absolute Gasteiger partial charge is 0.336 e. The zero-order valence-corrected chi connectivity index (χ0v) is 15.0. The first-order chi connectivity index (χ1) is 12.3. The van der Waals surface area contributed by atoms with Crippen molar-refractivity contribution in [1.29, 1.82) is 0 Å². The van der Waals surface area contributed by atoms with Gasteiger partial charge in [-0.1, -0.05) is 5.21 Å². The van der Waals surface area contributed by atoms with Crippen LogP contribution in [-0.2, 0) is 11.3 Å². The van der Waals surface area contributed by atoms with Crippen molar-refractivity contribution in [2.45, 2.75) is 75.9 Å². The number of nitrogens with zero attached hydrogens (tertiary/aromatic N) is 5. The van der Waals surface area contributed by atoms with E-state index in [1.807, 2.05) is 4.68 Å². The molecule has 1 aromatic rings. The molecule has 3 heterocycles. The average molecular weight is 343 g/mol. The van der Waals surface area contributed by atoms with Crippen molar-refractivity contribution in [3.05, 3.63) is 11.9 Å². The molecule has 0 aromatic carbocycles. The van der Waals surface area contributed by atoms with E-state index in [0.717, 1.165) is 44.7 Å². The molecule has 2 aliphatic carbocycles. The maximum atomic E-state index is 13.4. The van der Waals surface area contributed by atoms with Gasteiger partial charge in [-0.05, 0) is 70.4 Å². The molecule has 1 unspecified atom stereocenters. The summed E-state index contributed by atoms with van der Waals surface area (Å²) in [5, 5.41) is 8.65. The molecule has 25 heavy (non-hydrogen) atoms. The molecule has 0 spiro atoms. The van der Waals surface area contributed by atoms with Gasteiger partial charge >= 0.3 is 0 Å². The Balaban J connectivity index is 1.28. The molecule has 5 rings (SSSR count). The zero-order valence-electron chi connectivity index (χ0n) is 15.0. The first-order valence-corrected chi connectivity index (χ1v) is 10.2. The Morgan fingerprint density at radius 3 is 2.60 bits per heavy atom. The summed E-state index contributed by atoms with van der Waals surface area (Å²) in [5.41, 5.74) is 1.14. The van der Waals surface area contributed by atoms with Crippen LogP contribution >= 0.6 is 0 Å². The van der Waals surface area contributed by atoms with E-state index in [2.05, 4.69) is 26.3 Å². The van der Waals surface area contributed by atoms with Gasteiger partial charge in [-0.2, -0.15) is 0 Å². The van der Waals surface area contributed by atoms with Crippen LogP contribution in [-0.4, -0.2) is 62.4 Å². The molecule has 2 saturated carbocycles. The maximum absolute atomic E-state index is 13.4. The Morgan fingerprint density at radius 1 is 1.08 bits per heavy atom. The van der Waals surface area contributed by atoms with E-state index in [-0.39, 0.29) is 6.04 Å². The summed E-state index contributed by atoms with van der Waals surface area (Å²) in [6.45, 7) is 3.95. The van der Waals surface area contributed by atoms with Crippen molar-refractivity contribution in [3.63, 3.8) is 0 Å². The fourth-order valence-corrected chi connectivity index (χ4v) is 4.76. The van der Waals surface area contributed by atoms with Crippen LogP contribution < -0.4 is 0 Å². The lowest BCUT2D eigenvalue weighted by molar-refractivity contribution is -0.138. The third kappa shape index (κ3) is 3.21. The molecule has 0 N–H and O–H groups in total. The smallest absolute Gasteiger partial charge is 0.240 e. The third-order valence-corrected chi connectivity index (χ3v) is 6.47. The minimum absolute atomic E-state index is 0.154. The molecule has 136 valence electrons. The number of carbonyl (C=O) groups is 1. The van der Waals surface area contributed by atoms with Crippen molar-refractivity contribution in [2.24, 2.45) is 5.92 Å². The van der Waals surface area contributed by atoms with Crippen LogP contribution in [0.15, 0.2) is 6.20 Å². The van der Waals surface area contributed by atoms with Crippen LogP contribution in [0.4, 0.5) is 0 Å². The molecule has 4 fully saturated rings. The van der Waals surface area contributed by atoms with Gasteiger partial charge in [0.25, 0.3) is 0 Å². The molecule has 1 aromatic heterocycles. The van der Waals surface area contributed by atoms with E-state index in [1.54, 1.807) is 0 Å². The quantitative estimate of drug-likeness (QED) is 0.793. The molecule has 6 nitrogen and oxygen atoms in total. The lowest BCUT2D eigenvalue weighted by Gasteiger charge is -2.33. The molecule has 0 bridgehead atoms. The zero-order chi connectivity index (χ0) is 16.8. The summed E-state index contributed by atoms with van der Waals surface area (Å²) in [7, 11) is 0. The third-order valence-electron chi connectivity index (χ3n) is 6.47. The molecule has 2 saturated heterocycles. The fraction of sp³-hybridized carbons (Fsp3) is 0.842. The summed E-state index contributed by atoms with van der Waals surface area (Å²) < 4.78 is 1.98. The predicted molar refractivity (Wildman–Crippen MR) is 94.1 cm³/mol. The molecule has 0 radical (unpaired) electrons. The molecular weight excluding hydrogens is 314 g/mol.